The molecule has 0 fully saturated rings. The van der Waals surface area contributed by atoms with Gasteiger partial charge in [-0.1, -0.05) is 29.4 Å². The monoisotopic (exact) mass is 354 g/mol. The summed E-state index contributed by atoms with van der Waals surface area (Å²) < 4.78 is 23.8. The predicted molar refractivity (Wildman–Crippen MR) is 94.8 cm³/mol. The fourth-order valence-corrected chi connectivity index (χ4v) is 2.65. The minimum atomic E-state index is -0.305. The topological polar surface area (TPSA) is 55.6 Å². The lowest BCUT2D eigenvalue weighted by molar-refractivity contribution is -0.130. The number of hydrogen-bond donors (Lipinski definition) is 0. The first-order chi connectivity index (χ1) is 12.6. The molecule has 0 atom stereocenters. The van der Waals surface area contributed by atoms with Crippen molar-refractivity contribution in [3.8, 4) is 17.1 Å². The molecule has 0 saturated carbocycles. The van der Waals surface area contributed by atoms with Crippen LogP contribution in [0.1, 0.15) is 18.2 Å². The molecule has 0 aliphatic heterocycles. The minimum Gasteiger partial charge on any atom is -0.496 e. The van der Waals surface area contributed by atoms with Gasteiger partial charge in [0.15, 0.2) is 5.76 Å². The third kappa shape index (κ3) is 4.08. The van der Waals surface area contributed by atoms with Crippen molar-refractivity contribution in [2.24, 2.45) is 0 Å². The summed E-state index contributed by atoms with van der Waals surface area (Å²) in [6, 6.07) is 15.3. The smallest absolute Gasteiger partial charge is 0.220 e. The first-order valence-corrected chi connectivity index (χ1v) is 8.16. The molecule has 0 N–H and O–H groups in total. The Labute approximate surface area is 151 Å². The summed E-state index contributed by atoms with van der Waals surface area (Å²) in [6.45, 7) is 2.16. The lowest BCUT2D eigenvalue weighted by Crippen LogP contribution is -2.27. The molecule has 1 aromatic heterocycles. The maximum atomic E-state index is 13.0. The van der Waals surface area contributed by atoms with E-state index in [2.05, 4.69) is 5.16 Å². The van der Waals surface area contributed by atoms with E-state index in [1.165, 1.54) is 19.1 Å². The summed E-state index contributed by atoms with van der Waals surface area (Å²) in [7, 11) is 1.59. The Bertz CT molecular complexity index is 890. The van der Waals surface area contributed by atoms with Gasteiger partial charge in [0, 0.05) is 19.5 Å². The van der Waals surface area contributed by atoms with Gasteiger partial charge in [0.05, 0.1) is 19.2 Å². The van der Waals surface area contributed by atoms with E-state index >= 15 is 0 Å². The van der Waals surface area contributed by atoms with E-state index in [1.807, 2.05) is 24.3 Å². The molecular formula is C20H19FN2O3. The molecule has 0 bridgehead atoms. The van der Waals surface area contributed by atoms with Crippen LogP contribution in [0.25, 0.3) is 11.3 Å². The van der Waals surface area contributed by atoms with E-state index in [0.717, 1.165) is 11.1 Å². The molecule has 2 aromatic carbocycles. The molecule has 6 heteroatoms. The Kier molecular flexibility index (Phi) is 5.31. The Morgan fingerprint density at radius 3 is 2.58 bits per heavy atom. The van der Waals surface area contributed by atoms with Crippen LogP contribution in [-0.2, 0) is 17.9 Å². The Morgan fingerprint density at radius 1 is 1.15 bits per heavy atom. The summed E-state index contributed by atoms with van der Waals surface area (Å²) >= 11 is 0. The molecule has 0 unspecified atom stereocenters. The van der Waals surface area contributed by atoms with Crippen molar-refractivity contribution >= 4 is 5.91 Å². The molecule has 26 heavy (non-hydrogen) atoms. The van der Waals surface area contributed by atoms with Crippen LogP contribution in [0.2, 0.25) is 0 Å². The number of carbonyl (C=O) groups is 1. The summed E-state index contributed by atoms with van der Waals surface area (Å²) in [5.41, 5.74) is 2.26. The van der Waals surface area contributed by atoms with Crippen molar-refractivity contribution in [2.45, 2.75) is 20.0 Å². The highest BCUT2D eigenvalue weighted by molar-refractivity contribution is 5.73. The second-order valence-electron chi connectivity index (χ2n) is 5.88. The highest BCUT2D eigenvalue weighted by Crippen LogP contribution is 2.30. The van der Waals surface area contributed by atoms with Crippen LogP contribution in [0.5, 0.6) is 5.75 Å². The summed E-state index contributed by atoms with van der Waals surface area (Å²) in [5.74, 6) is 0.852. The van der Waals surface area contributed by atoms with Gasteiger partial charge in [0.1, 0.15) is 17.3 Å². The van der Waals surface area contributed by atoms with E-state index in [1.54, 1.807) is 30.2 Å². The quantitative estimate of drug-likeness (QED) is 0.670. The number of amides is 1. The summed E-state index contributed by atoms with van der Waals surface area (Å²) in [4.78, 5) is 13.6. The van der Waals surface area contributed by atoms with Crippen molar-refractivity contribution in [2.75, 3.05) is 7.11 Å². The van der Waals surface area contributed by atoms with E-state index in [4.69, 9.17) is 9.26 Å². The minimum absolute atomic E-state index is 0.101. The van der Waals surface area contributed by atoms with E-state index < -0.39 is 0 Å². The van der Waals surface area contributed by atoms with Crippen LogP contribution in [-0.4, -0.2) is 23.1 Å². The molecule has 5 nitrogen and oxygen atoms in total. The first kappa shape index (κ1) is 17.7. The Morgan fingerprint density at radius 2 is 1.88 bits per heavy atom. The fourth-order valence-electron chi connectivity index (χ4n) is 2.65. The number of hydrogen-bond acceptors (Lipinski definition) is 4. The van der Waals surface area contributed by atoms with Gasteiger partial charge in [-0.05, 0) is 29.8 Å². The zero-order valence-corrected chi connectivity index (χ0v) is 14.6. The van der Waals surface area contributed by atoms with Crippen molar-refractivity contribution in [3.63, 3.8) is 0 Å². The summed E-state index contributed by atoms with van der Waals surface area (Å²) in [5, 5.41) is 4.06. The third-order valence-electron chi connectivity index (χ3n) is 4.02. The molecule has 3 aromatic rings. The second kappa shape index (κ2) is 7.82. The number of carbonyl (C=O) groups excluding carboxylic acids is 1. The van der Waals surface area contributed by atoms with Crippen LogP contribution in [0, 0.1) is 5.82 Å². The normalized spacial score (nSPS) is 10.6. The van der Waals surface area contributed by atoms with Crippen molar-refractivity contribution in [3.05, 3.63) is 71.7 Å². The van der Waals surface area contributed by atoms with Crippen LogP contribution in [0.3, 0.4) is 0 Å². The Hall–Kier alpha value is -3.15. The molecule has 0 saturated heterocycles. The average molecular weight is 354 g/mol. The molecule has 1 heterocycles. The molecule has 1 amide bonds. The van der Waals surface area contributed by atoms with Gasteiger partial charge in [0.25, 0.3) is 0 Å². The molecule has 0 aliphatic carbocycles. The lowest BCUT2D eigenvalue weighted by atomic mass is 10.1. The standard InChI is InChI=1S/C20H19FN2O3/c1-14(24)23(12-15-7-9-16(21)10-8-15)13-17-11-20(26-22-17)18-5-3-4-6-19(18)25-2/h3-11H,12-13H2,1-2H3. The van der Waals surface area contributed by atoms with Crippen LogP contribution in [0.15, 0.2) is 59.1 Å². The van der Waals surface area contributed by atoms with Gasteiger partial charge >= 0.3 is 0 Å². The van der Waals surface area contributed by atoms with Gasteiger partial charge in [-0.15, -0.1) is 0 Å². The van der Waals surface area contributed by atoms with Crippen LogP contribution < -0.4 is 4.74 Å². The number of aromatic nitrogens is 1. The highest BCUT2D eigenvalue weighted by Gasteiger charge is 2.16. The Balaban J connectivity index is 1.77. The number of para-hydroxylation sites is 1. The second-order valence-corrected chi connectivity index (χ2v) is 5.88. The molecule has 134 valence electrons. The number of rotatable bonds is 6. The van der Waals surface area contributed by atoms with E-state index in [0.29, 0.717) is 30.3 Å². The van der Waals surface area contributed by atoms with Crippen molar-refractivity contribution in [1.29, 1.82) is 0 Å². The van der Waals surface area contributed by atoms with E-state index in [9.17, 15) is 9.18 Å². The molecule has 0 spiro atoms. The highest BCUT2D eigenvalue weighted by atomic mass is 19.1. The van der Waals surface area contributed by atoms with Gasteiger partial charge in [-0.3, -0.25) is 4.79 Å². The average Bonchev–Trinajstić information content (AvgIpc) is 3.11. The number of benzene rings is 2. The van der Waals surface area contributed by atoms with Crippen LogP contribution in [0.4, 0.5) is 4.39 Å². The first-order valence-electron chi connectivity index (χ1n) is 8.16. The zero-order valence-electron chi connectivity index (χ0n) is 14.6. The van der Waals surface area contributed by atoms with E-state index in [-0.39, 0.29) is 11.7 Å². The largest absolute Gasteiger partial charge is 0.496 e. The fraction of sp³-hybridized carbons (Fsp3) is 0.200. The van der Waals surface area contributed by atoms with Gasteiger partial charge in [0.2, 0.25) is 5.91 Å². The SMILES string of the molecule is COc1ccccc1-c1cc(CN(Cc2ccc(F)cc2)C(C)=O)no1. The maximum absolute atomic E-state index is 13.0. The lowest BCUT2D eigenvalue weighted by Gasteiger charge is -2.19. The number of ether oxygens (including phenoxy) is 1. The van der Waals surface area contributed by atoms with Gasteiger partial charge in [-0.2, -0.15) is 0 Å². The number of nitrogens with zero attached hydrogens (tertiary/aromatic N) is 2. The van der Waals surface area contributed by atoms with Gasteiger partial charge in [-0.25, -0.2) is 4.39 Å². The zero-order chi connectivity index (χ0) is 18.5. The molecule has 0 aliphatic rings. The van der Waals surface area contributed by atoms with Crippen molar-refractivity contribution in [1.82, 2.24) is 10.1 Å². The van der Waals surface area contributed by atoms with Gasteiger partial charge < -0.3 is 14.2 Å². The van der Waals surface area contributed by atoms with Crippen LogP contribution >= 0.6 is 0 Å². The predicted octanol–water partition coefficient (Wildman–Crippen LogP) is 4.04. The number of halogens is 1. The summed E-state index contributed by atoms with van der Waals surface area (Å²) in [6.07, 6.45) is 0. The third-order valence-corrected chi connectivity index (χ3v) is 4.02. The molecule has 0 radical (unpaired) electrons. The molecular weight excluding hydrogens is 335 g/mol. The van der Waals surface area contributed by atoms with Crippen molar-refractivity contribution < 1.29 is 18.4 Å². The number of methoxy groups -OCH3 is 1. The maximum Gasteiger partial charge on any atom is 0.220 e. The molecule has 3 rings (SSSR count).